The van der Waals surface area contributed by atoms with Crippen LogP contribution in [0.4, 0.5) is 5.69 Å². The van der Waals surface area contributed by atoms with Crippen molar-refractivity contribution in [3.8, 4) is 11.5 Å². The predicted octanol–water partition coefficient (Wildman–Crippen LogP) is 4.69. The molecular formula is C12H7Cl2NO3. The molecule has 6 heteroatoms. The summed E-state index contributed by atoms with van der Waals surface area (Å²) in [5.41, 5.74) is -0.267. The maximum Gasteiger partial charge on any atom is 0.314 e. The van der Waals surface area contributed by atoms with Crippen LogP contribution in [0.5, 0.6) is 11.5 Å². The van der Waals surface area contributed by atoms with Crippen LogP contribution >= 0.6 is 23.2 Å². The zero-order valence-corrected chi connectivity index (χ0v) is 10.5. The van der Waals surface area contributed by atoms with Crippen molar-refractivity contribution in [1.29, 1.82) is 0 Å². The smallest absolute Gasteiger partial charge is 0.314 e. The first kappa shape index (κ1) is 12.7. The van der Waals surface area contributed by atoms with Gasteiger partial charge >= 0.3 is 5.69 Å². The van der Waals surface area contributed by atoms with Crippen LogP contribution in [0.3, 0.4) is 0 Å². The molecule has 0 fully saturated rings. The van der Waals surface area contributed by atoms with Crippen molar-refractivity contribution in [3.63, 3.8) is 0 Å². The number of rotatable bonds is 3. The molecule has 0 aromatic heterocycles. The molecule has 0 aliphatic carbocycles. The molecule has 4 nitrogen and oxygen atoms in total. The van der Waals surface area contributed by atoms with Crippen molar-refractivity contribution in [2.24, 2.45) is 0 Å². The fourth-order valence-corrected chi connectivity index (χ4v) is 1.91. The lowest BCUT2D eigenvalue weighted by Gasteiger charge is -2.08. The van der Waals surface area contributed by atoms with E-state index in [1.807, 2.05) is 6.07 Å². The highest BCUT2D eigenvalue weighted by atomic mass is 35.5. The molecule has 92 valence electrons. The van der Waals surface area contributed by atoms with Gasteiger partial charge in [-0.15, -0.1) is 0 Å². The molecule has 0 N–H and O–H groups in total. The van der Waals surface area contributed by atoms with Crippen LogP contribution in [0.15, 0.2) is 42.5 Å². The quantitative estimate of drug-likeness (QED) is 0.606. The van der Waals surface area contributed by atoms with E-state index < -0.39 is 4.92 Å². The summed E-state index contributed by atoms with van der Waals surface area (Å²) in [7, 11) is 0. The van der Waals surface area contributed by atoms with E-state index >= 15 is 0 Å². The summed E-state index contributed by atoms with van der Waals surface area (Å²) in [6.07, 6.45) is 0. The van der Waals surface area contributed by atoms with Crippen LogP contribution in [0.2, 0.25) is 10.0 Å². The summed E-state index contributed by atoms with van der Waals surface area (Å²) >= 11 is 11.6. The molecule has 0 unspecified atom stereocenters. The fraction of sp³-hybridized carbons (Fsp3) is 0. The molecule has 0 radical (unpaired) electrons. The Kier molecular flexibility index (Phi) is 3.69. The van der Waals surface area contributed by atoms with Gasteiger partial charge in [-0.3, -0.25) is 10.1 Å². The Balaban J connectivity index is 2.47. The molecule has 0 amide bonds. The minimum Gasteiger partial charge on any atom is -0.449 e. The predicted molar refractivity (Wildman–Crippen MR) is 69.6 cm³/mol. The van der Waals surface area contributed by atoms with Crippen LogP contribution in [0.1, 0.15) is 0 Å². The van der Waals surface area contributed by atoms with Gasteiger partial charge in [-0.05, 0) is 18.2 Å². The first-order chi connectivity index (χ1) is 8.58. The van der Waals surface area contributed by atoms with Crippen LogP contribution in [-0.4, -0.2) is 4.92 Å². The van der Waals surface area contributed by atoms with Gasteiger partial charge in [0.1, 0.15) is 5.75 Å². The van der Waals surface area contributed by atoms with Crippen molar-refractivity contribution in [3.05, 3.63) is 62.6 Å². The Morgan fingerprint density at radius 3 is 2.39 bits per heavy atom. The summed E-state index contributed by atoms with van der Waals surface area (Å²) in [6.45, 7) is 0. The molecule has 2 aromatic rings. The number of nitrogens with zero attached hydrogens (tertiary/aromatic N) is 1. The average Bonchev–Trinajstić information content (AvgIpc) is 2.33. The van der Waals surface area contributed by atoms with Crippen molar-refractivity contribution < 1.29 is 9.66 Å². The van der Waals surface area contributed by atoms with Gasteiger partial charge in [-0.1, -0.05) is 41.4 Å². The van der Waals surface area contributed by atoms with Crippen LogP contribution in [0, 0.1) is 10.1 Å². The number of para-hydroxylation sites is 1. The van der Waals surface area contributed by atoms with Gasteiger partial charge in [0.25, 0.3) is 0 Å². The van der Waals surface area contributed by atoms with E-state index in [0.29, 0.717) is 5.75 Å². The number of ether oxygens (including phenoxy) is 1. The van der Waals surface area contributed by atoms with E-state index in [0.717, 1.165) is 0 Å². The lowest BCUT2D eigenvalue weighted by molar-refractivity contribution is -0.385. The molecule has 0 bridgehead atoms. The number of benzene rings is 2. The second-order valence-electron chi connectivity index (χ2n) is 3.41. The van der Waals surface area contributed by atoms with E-state index in [1.54, 1.807) is 24.3 Å². The lowest BCUT2D eigenvalue weighted by Crippen LogP contribution is -1.94. The zero-order chi connectivity index (χ0) is 13.1. The summed E-state index contributed by atoms with van der Waals surface area (Å²) < 4.78 is 5.42. The molecular weight excluding hydrogens is 277 g/mol. The van der Waals surface area contributed by atoms with Crippen LogP contribution in [0.25, 0.3) is 0 Å². The SMILES string of the molecule is O=[N+]([O-])c1cc(Cl)cc(Cl)c1Oc1ccccc1. The number of hydrogen-bond donors (Lipinski definition) is 0. The maximum atomic E-state index is 10.9. The molecule has 0 heterocycles. The Morgan fingerprint density at radius 2 is 1.78 bits per heavy atom. The molecule has 2 aromatic carbocycles. The molecule has 0 saturated heterocycles. The van der Waals surface area contributed by atoms with E-state index in [1.165, 1.54) is 12.1 Å². The second kappa shape index (κ2) is 5.25. The first-order valence-corrected chi connectivity index (χ1v) is 5.70. The largest absolute Gasteiger partial charge is 0.449 e. The van der Waals surface area contributed by atoms with Gasteiger partial charge in [-0.2, -0.15) is 0 Å². The summed E-state index contributed by atoms with van der Waals surface area (Å²) in [4.78, 5) is 10.3. The number of hydrogen-bond acceptors (Lipinski definition) is 3. The minimum atomic E-state index is -0.587. The topological polar surface area (TPSA) is 52.4 Å². The van der Waals surface area contributed by atoms with E-state index in [-0.39, 0.29) is 21.5 Å². The van der Waals surface area contributed by atoms with Crippen molar-refractivity contribution in [2.75, 3.05) is 0 Å². The van der Waals surface area contributed by atoms with Crippen molar-refractivity contribution in [1.82, 2.24) is 0 Å². The molecule has 0 spiro atoms. The standard InChI is InChI=1S/C12H7Cl2NO3/c13-8-6-10(14)12(11(7-8)15(16)17)18-9-4-2-1-3-5-9/h1-7H. The molecule has 0 saturated carbocycles. The highest BCUT2D eigenvalue weighted by molar-refractivity contribution is 6.36. The van der Waals surface area contributed by atoms with E-state index in [2.05, 4.69) is 0 Å². The summed E-state index contributed by atoms with van der Waals surface area (Å²) in [5, 5.41) is 11.2. The average molecular weight is 284 g/mol. The second-order valence-corrected chi connectivity index (χ2v) is 4.25. The van der Waals surface area contributed by atoms with Gasteiger partial charge in [0.2, 0.25) is 5.75 Å². The monoisotopic (exact) mass is 283 g/mol. The molecule has 0 aliphatic rings. The van der Waals surface area contributed by atoms with Gasteiger partial charge < -0.3 is 4.74 Å². The lowest BCUT2D eigenvalue weighted by atomic mass is 10.3. The summed E-state index contributed by atoms with van der Waals surface area (Å²) in [5.74, 6) is 0.446. The molecule has 2 rings (SSSR count). The van der Waals surface area contributed by atoms with Crippen molar-refractivity contribution in [2.45, 2.75) is 0 Å². The Labute approximate surface area is 113 Å². The molecule has 0 atom stereocenters. The molecule has 0 aliphatic heterocycles. The van der Waals surface area contributed by atoms with Crippen molar-refractivity contribution >= 4 is 28.9 Å². The Hall–Kier alpha value is -1.78. The summed E-state index contributed by atoms with van der Waals surface area (Å²) in [6, 6.07) is 11.3. The van der Waals surface area contributed by atoms with Gasteiger partial charge in [0.05, 0.1) is 9.95 Å². The molecule has 18 heavy (non-hydrogen) atoms. The Bertz CT molecular complexity index is 587. The normalized spacial score (nSPS) is 10.1. The van der Waals surface area contributed by atoms with Gasteiger partial charge in [-0.25, -0.2) is 0 Å². The van der Waals surface area contributed by atoms with Crippen LogP contribution in [-0.2, 0) is 0 Å². The number of nitro benzene ring substituents is 1. The highest BCUT2D eigenvalue weighted by Gasteiger charge is 2.20. The minimum absolute atomic E-state index is 0.0164. The van der Waals surface area contributed by atoms with Gasteiger partial charge in [0, 0.05) is 11.1 Å². The number of halogens is 2. The number of nitro groups is 1. The van der Waals surface area contributed by atoms with E-state index in [9.17, 15) is 10.1 Å². The first-order valence-electron chi connectivity index (χ1n) is 4.94. The van der Waals surface area contributed by atoms with Gasteiger partial charge in [0.15, 0.2) is 0 Å². The highest BCUT2D eigenvalue weighted by Crippen LogP contribution is 2.40. The van der Waals surface area contributed by atoms with Crippen LogP contribution < -0.4 is 4.74 Å². The zero-order valence-electron chi connectivity index (χ0n) is 8.97. The maximum absolute atomic E-state index is 10.9. The Morgan fingerprint density at radius 1 is 1.11 bits per heavy atom. The third-order valence-electron chi connectivity index (χ3n) is 2.15. The third-order valence-corrected chi connectivity index (χ3v) is 2.65. The fourth-order valence-electron chi connectivity index (χ4n) is 1.39. The van der Waals surface area contributed by atoms with E-state index in [4.69, 9.17) is 27.9 Å². The third kappa shape index (κ3) is 2.72.